The van der Waals surface area contributed by atoms with Crippen LogP contribution < -0.4 is 0 Å². The molecule has 366 valence electrons. The molecular weight excluding hydrogens is 805 g/mol. The molecule has 0 bridgehead atoms. The number of carbonyl (C=O) groups is 3. The van der Waals surface area contributed by atoms with Crippen LogP contribution in [0.3, 0.4) is 0 Å². The van der Waals surface area contributed by atoms with Crippen molar-refractivity contribution in [2.24, 2.45) is 0 Å². The van der Waals surface area contributed by atoms with Gasteiger partial charge in [0.05, 0.1) is 0 Å². The lowest BCUT2D eigenvalue weighted by Crippen LogP contribution is -2.30. The number of carbonyl (C=O) groups excluding carboxylic acids is 3. The monoisotopic (exact) mass is 899 g/mol. The number of hydrogen-bond acceptors (Lipinski definition) is 6. The maximum absolute atomic E-state index is 12.7. The van der Waals surface area contributed by atoms with Gasteiger partial charge in [-0.3, -0.25) is 14.4 Å². The molecule has 0 amide bonds. The predicted molar refractivity (Wildman–Crippen MR) is 279 cm³/mol. The average Bonchev–Trinajstić information content (AvgIpc) is 3.30. The zero-order chi connectivity index (χ0) is 47.2. The van der Waals surface area contributed by atoms with Gasteiger partial charge in [0.2, 0.25) is 0 Å². The molecule has 0 aliphatic rings. The number of esters is 3. The quantitative estimate of drug-likeness (QED) is 0.0262. The second kappa shape index (κ2) is 52.4. The van der Waals surface area contributed by atoms with Crippen LogP contribution in [0.2, 0.25) is 0 Å². The van der Waals surface area contributed by atoms with Crippen molar-refractivity contribution in [3.63, 3.8) is 0 Å². The maximum atomic E-state index is 12.7. The Hall–Kier alpha value is -4.19. The topological polar surface area (TPSA) is 78.9 Å². The Morgan fingerprint density at radius 3 is 1.03 bits per heavy atom. The molecule has 0 N–H and O–H groups in total. The van der Waals surface area contributed by atoms with Gasteiger partial charge in [-0.15, -0.1) is 0 Å². The number of hydrogen-bond donors (Lipinski definition) is 0. The van der Waals surface area contributed by atoms with Gasteiger partial charge in [0.15, 0.2) is 6.10 Å². The first-order valence-corrected chi connectivity index (χ1v) is 26.0. The SMILES string of the molecule is CC/C=C\C/C=C\C/C=C\C/C=C\C/C=C\C/C=C\C/C=C\C/C=C\CCCCC(=O)OCC(COC(=O)CCCCCCCCC)OC(=O)CCCCCCC/C=C\C/C=C\CCC. The van der Waals surface area contributed by atoms with Gasteiger partial charge in [-0.1, -0.05) is 206 Å². The first-order valence-electron chi connectivity index (χ1n) is 26.0. The third-order valence-corrected chi connectivity index (χ3v) is 10.4. The summed E-state index contributed by atoms with van der Waals surface area (Å²) in [6, 6.07) is 0. The third-order valence-electron chi connectivity index (χ3n) is 10.4. The highest BCUT2D eigenvalue weighted by Crippen LogP contribution is 2.12. The lowest BCUT2D eigenvalue weighted by Gasteiger charge is -2.18. The van der Waals surface area contributed by atoms with Crippen LogP contribution in [0.1, 0.15) is 213 Å². The molecule has 0 aliphatic carbocycles. The molecule has 0 aliphatic heterocycles. The molecule has 0 radical (unpaired) electrons. The Bertz CT molecular complexity index is 1400. The molecule has 0 fully saturated rings. The number of ether oxygens (including phenoxy) is 3. The lowest BCUT2D eigenvalue weighted by molar-refractivity contribution is -0.167. The van der Waals surface area contributed by atoms with E-state index in [0.29, 0.717) is 25.7 Å². The van der Waals surface area contributed by atoms with Crippen LogP contribution in [0, 0.1) is 0 Å². The summed E-state index contributed by atoms with van der Waals surface area (Å²) in [4.78, 5) is 37.8. The number of allylic oxidation sites excluding steroid dienone is 20. The van der Waals surface area contributed by atoms with Crippen LogP contribution in [-0.4, -0.2) is 37.2 Å². The summed E-state index contributed by atoms with van der Waals surface area (Å²) >= 11 is 0. The summed E-state index contributed by atoms with van der Waals surface area (Å²) < 4.78 is 16.7. The molecule has 0 rings (SSSR count). The van der Waals surface area contributed by atoms with E-state index in [1.54, 1.807) is 0 Å². The summed E-state index contributed by atoms with van der Waals surface area (Å²) in [6.07, 6.45) is 72.1. The summed E-state index contributed by atoms with van der Waals surface area (Å²) in [6.45, 7) is 6.34. The summed E-state index contributed by atoms with van der Waals surface area (Å²) in [7, 11) is 0. The van der Waals surface area contributed by atoms with E-state index in [-0.39, 0.29) is 31.1 Å². The van der Waals surface area contributed by atoms with E-state index in [4.69, 9.17) is 14.2 Å². The van der Waals surface area contributed by atoms with Gasteiger partial charge >= 0.3 is 17.9 Å². The predicted octanol–water partition coefficient (Wildman–Crippen LogP) is 17.3. The molecule has 6 heteroatoms. The van der Waals surface area contributed by atoms with Crippen molar-refractivity contribution in [3.8, 4) is 0 Å². The standard InChI is InChI=1S/C59H94O6/c1-4-7-10-13-16-18-20-22-23-24-25-26-27-28-29-30-31-32-33-34-35-37-38-40-43-46-49-52-58(61)64-55-56(54-63-57(60)51-48-45-42-15-12-9-6-3)65-59(62)53-50-47-44-41-39-36-21-19-17-14-11-8-5-2/h7,10-11,14,16,18-19,21-23,25-26,28-29,31-32,34-35,38,40,56H,4-6,8-9,12-13,15,17,20,24,27,30,33,36-37,39,41-55H2,1-3H3/b10-7-,14-11-,18-16-,21-19-,23-22-,26-25-,29-28-,32-31-,35-34-,40-38-. The fourth-order valence-electron chi connectivity index (χ4n) is 6.55. The maximum Gasteiger partial charge on any atom is 0.306 e. The highest BCUT2D eigenvalue weighted by atomic mass is 16.6. The third kappa shape index (κ3) is 50.7. The molecule has 65 heavy (non-hydrogen) atoms. The Kier molecular flexibility index (Phi) is 49.1. The highest BCUT2D eigenvalue weighted by molar-refractivity contribution is 5.71. The van der Waals surface area contributed by atoms with Gasteiger partial charge < -0.3 is 14.2 Å². The van der Waals surface area contributed by atoms with E-state index in [1.165, 1.54) is 32.1 Å². The molecule has 0 heterocycles. The highest BCUT2D eigenvalue weighted by Gasteiger charge is 2.19. The fourth-order valence-corrected chi connectivity index (χ4v) is 6.55. The molecule has 0 aromatic heterocycles. The molecule has 0 saturated heterocycles. The van der Waals surface area contributed by atoms with Crippen LogP contribution in [0.4, 0.5) is 0 Å². The van der Waals surface area contributed by atoms with Gasteiger partial charge in [0, 0.05) is 19.3 Å². The van der Waals surface area contributed by atoms with E-state index in [9.17, 15) is 14.4 Å². The van der Waals surface area contributed by atoms with Gasteiger partial charge in [-0.2, -0.15) is 0 Å². The van der Waals surface area contributed by atoms with Gasteiger partial charge in [-0.25, -0.2) is 0 Å². The van der Waals surface area contributed by atoms with Crippen molar-refractivity contribution >= 4 is 17.9 Å². The molecule has 1 unspecified atom stereocenters. The zero-order valence-electron chi connectivity index (χ0n) is 41.7. The second-order valence-electron chi connectivity index (χ2n) is 16.7. The van der Waals surface area contributed by atoms with E-state index in [1.807, 2.05) is 0 Å². The molecular formula is C59H94O6. The Labute approximate surface area is 399 Å². The van der Waals surface area contributed by atoms with Crippen molar-refractivity contribution in [1.29, 1.82) is 0 Å². The van der Waals surface area contributed by atoms with Crippen LogP contribution in [0.25, 0.3) is 0 Å². The number of rotatable bonds is 45. The fraction of sp³-hybridized carbons (Fsp3) is 0.610. The summed E-state index contributed by atoms with van der Waals surface area (Å²) in [5, 5.41) is 0. The van der Waals surface area contributed by atoms with E-state index < -0.39 is 6.10 Å². The second-order valence-corrected chi connectivity index (χ2v) is 16.7. The average molecular weight is 899 g/mol. The molecule has 1 atom stereocenters. The summed E-state index contributed by atoms with van der Waals surface area (Å²) in [5.74, 6) is -0.977. The van der Waals surface area contributed by atoms with Gasteiger partial charge in [0.25, 0.3) is 0 Å². The molecule has 0 aromatic rings. The van der Waals surface area contributed by atoms with Crippen molar-refractivity contribution in [1.82, 2.24) is 0 Å². The van der Waals surface area contributed by atoms with E-state index in [2.05, 4.69) is 142 Å². The Balaban J connectivity index is 4.32. The normalized spacial score (nSPS) is 13.1. The van der Waals surface area contributed by atoms with E-state index in [0.717, 1.165) is 135 Å². The zero-order valence-corrected chi connectivity index (χ0v) is 41.7. The summed E-state index contributed by atoms with van der Waals surface area (Å²) in [5.41, 5.74) is 0. The lowest BCUT2D eigenvalue weighted by atomic mass is 10.1. The minimum Gasteiger partial charge on any atom is -0.462 e. The first kappa shape index (κ1) is 60.8. The number of unbranched alkanes of at least 4 members (excludes halogenated alkanes) is 14. The first-order chi connectivity index (χ1) is 32.0. The minimum absolute atomic E-state index is 0.100. The molecule has 6 nitrogen and oxygen atoms in total. The molecule has 0 saturated carbocycles. The van der Waals surface area contributed by atoms with Crippen LogP contribution >= 0.6 is 0 Å². The van der Waals surface area contributed by atoms with Crippen LogP contribution in [0.5, 0.6) is 0 Å². The Morgan fingerprint density at radius 1 is 0.323 bits per heavy atom. The molecule has 0 aromatic carbocycles. The largest absolute Gasteiger partial charge is 0.462 e. The van der Waals surface area contributed by atoms with Crippen molar-refractivity contribution in [2.75, 3.05) is 13.2 Å². The molecule has 0 spiro atoms. The van der Waals surface area contributed by atoms with E-state index >= 15 is 0 Å². The van der Waals surface area contributed by atoms with Crippen LogP contribution in [-0.2, 0) is 28.6 Å². The van der Waals surface area contributed by atoms with Gasteiger partial charge in [0.1, 0.15) is 13.2 Å². The van der Waals surface area contributed by atoms with Crippen LogP contribution in [0.15, 0.2) is 122 Å². The van der Waals surface area contributed by atoms with Crippen molar-refractivity contribution < 1.29 is 28.6 Å². The van der Waals surface area contributed by atoms with Gasteiger partial charge in [-0.05, 0) is 109 Å². The van der Waals surface area contributed by atoms with Crippen molar-refractivity contribution in [2.45, 2.75) is 219 Å². The minimum atomic E-state index is -0.802. The Morgan fingerprint density at radius 2 is 0.631 bits per heavy atom. The smallest absolute Gasteiger partial charge is 0.306 e. The van der Waals surface area contributed by atoms with Crippen molar-refractivity contribution in [3.05, 3.63) is 122 Å².